The minimum atomic E-state index is 0.572. The van der Waals surface area contributed by atoms with Crippen molar-refractivity contribution in [1.29, 1.82) is 0 Å². The molecule has 0 aromatic carbocycles. The highest BCUT2D eigenvalue weighted by atomic mass is 32.1. The lowest BCUT2D eigenvalue weighted by atomic mass is 9.97. The van der Waals surface area contributed by atoms with Crippen LogP contribution >= 0.6 is 11.3 Å². The summed E-state index contributed by atoms with van der Waals surface area (Å²) in [6.07, 6.45) is 6.92. The van der Waals surface area contributed by atoms with Gasteiger partial charge in [0.15, 0.2) is 0 Å². The number of hydrogen-bond acceptors (Lipinski definition) is 6. The number of aryl methyl sites for hydroxylation is 1. The van der Waals surface area contributed by atoms with E-state index in [4.69, 9.17) is 9.97 Å². The van der Waals surface area contributed by atoms with E-state index < -0.39 is 0 Å². The Kier molecular flexibility index (Phi) is 4.89. The summed E-state index contributed by atoms with van der Waals surface area (Å²) >= 11 is 1.75. The van der Waals surface area contributed by atoms with Gasteiger partial charge in [0.25, 0.3) is 0 Å². The highest BCUT2D eigenvalue weighted by molar-refractivity contribution is 7.17. The minimum absolute atomic E-state index is 0.572. The second-order valence-electron chi connectivity index (χ2n) is 7.71. The summed E-state index contributed by atoms with van der Waals surface area (Å²) in [4.78, 5) is 17.2. The van der Waals surface area contributed by atoms with E-state index in [9.17, 15) is 0 Å². The number of nitrogens with zero attached hydrogens (tertiary/aromatic N) is 6. The van der Waals surface area contributed by atoms with Gasteiger partial charge in [0.2, 0.25) is 0 Å². The maximum Gasteiger partial charge on any atom is 0.141 e. The topological polar surface area (TPSA) is 59.7 Å². The Morgan fingerprint density at radius 3 is 2.96 bits per heavy atom. The molecule has 26 heavy (non-hydrogen) atoms. The number of aromatic nitrogens is 5. The van der Waals surface area contributed by atoms with Gasteiger partial charge >= 0.3 is 0 Å². The predicted octanol–water partition coefficient (Wildman–Crippen LogP) is 3.71. The van der Waals surface area contributed by atoms with Gasteiger partial charge in [0, 0.05) is 19.6 Å². The van der Waals surface area contributed by atoms with Gasteiger partial charge in [-0.15, -0.1) is 11.3 Å². The first kappa shape index (κ1) is 17.4. The lowest BCUT2D eigenvalue weighted by Gasteiger charge is -2.34. The van der Waals surface area contributed by atoms with Crippen molar-refractivity contribution in [3.05, 3.63) is 29.4 Å². The van der Waals surface area contributed by atoms with Crippen LogP contribution in [0.25, 0.3) is 10.2 Å². The number of hydrogen-bond donors (Lipinski definition) is 0. The molecule has 7 heteroatoms. The zero-order valence-electron chi connectivity index (χ0n) is 15.7. The van der Waals surface area contributed by atoms with Crippen LogP contribution < -0.4 is 4.90 Å². The van der Waals surface area contributed by atoms with Gasteiger partial charge < -0.3 is 4.90 Å². The molecule has 0 saturated carbocycles. The van der Waals surface area contributed by atoms with Gasteiger partial charge in [0.05, 0.1) is 5.39 Å². The summed E-state index contributed by atoms with van der Waals surface area (Å²) < 4.78 is 1.95. The standard InChI is InChI=1S/C19H26N6S/c1-13(2)7-16-10-26-19-17(16)18(22-14(3)23-19)24-6-4-5-15(8-24)9-25-12-20-11-21-25/h10-13,15H,4-9H2,1-3H3. The molecule has 1 atom stereocenters. The first-order valence-corrected chi connectivity index (χ1v) is 10.3. The van der Waals surface area contributed by atoms with Crippen LogP contribution in [0.4, 0.5) is 5.82 Å². The molecule has 3 aromatic rings. The molecule has 4 rings (SSSR count). The number of rotatable bonds is 5. The molecule has 1 aliphatic heterocycles. The number of anilines is 1. The molecule has 3 aromatic heterocycles. The number of fused-ring (bicyclic) bond motifs is 1. The molecule has 0 N–H and O–H groups in total. The first-order valence-electron chi connectivity index (χ1n) is 9.42. The molecule has 1 unspecified atom stereocenters. The summed E-state index contributed by atoms with van der Waals surface area (Å²) in [5.41, 5.74) is 1.40. The van der Waals surface area contributed by atoms with Crippen molar-refractivity contribution in [2.24, 2.45) is 11.8 Å². The quantitative estimate of drug-likeness (QED) is 0.685. The molecule has 4 heterocycles. The summed E-state index contributed by atoms with van der Waals surface area (Å²) in [5.74, 6) is 3.20. The Labute approximate surface area is 158 Å². The lowest BCUT2D eigenvalue weighted by Crippen LogP contribution is -2.38. The van der Waals surface area contributed by atoms with E-state index in [0.717, 1.165) is 42.5 Å². The van der Waals surface area contributed by atoms with E-state index in [1.807, 2.05) is 17.9 Å². The van der Waals surface area contributed by atoms with Crippen molar-refractivity contribution in [2.75, 3.05) is 18.0 Å². The van der Waals surface area contributed by atoms with Crippen molar-refractivity contribution >= 4 is 27.4 Å². The third kappa shape index (κ3) is 3.58. The van der Waals surface area contributed by atoms with Crippen LogP contribution in [-0.2, 0) is 13.0 Å². The van der Waals surface area contributed by atoms with Crippen molar-refractivity contribution in [2.45, 2.75) is 46.6 Å². The predicted molar refractivity (Wildman–Crippen MR) is 106 cm³/mol. The molecule has 138 valence electrons. The van der Waals surface area contributed by atoms with Crippen LogP contribution in [0.1, 0.15) is 38.1 Å². The SMILES string of the molecule is Cc1nc(N2CCCC(Cn3cncn3)C2)c2c(CC(C)C)csc2n1. The summed E-state index contributed by atoms with van der Waals surface area (Å²) in [6, 6.07) is 0. The van der Waals surface area contributed by atoms with E-state index in [1.165, 1.54) is 23.8 Å². The molecule has 1 fully saturated rings. The Morgan fingerprint density at radius 1 is 1.31 bits per heavy atom. The fourth-order valence-electron chi connectivity index (χ4n) is 3.90. The maximum atomic E-state index is 4.88. The average molecular weight is 371 g/mol. The van der Waals surface area contributed by atoms with E-state index in [1.54, 1.807) is 17.7 Å². The molecule has 0 amide bonds. The molecule has 1 saturated heterocycles. The molecule has 6 nitrogen and oxygen atoms in total. The van der Waals surface area contributed by atoms with E-state index in [2.05, 4.69) is 34.2 Å². The van der Waals surface area contributed by atoms with Crippen LogP contribution in [0.15, 0.2) is 18.0 Å². The zero-order chi connectivity index (χ0) is 18.1. The van der Waals surface area contributed by atoms with Crippen molar-refractivity contribution in [3.63, 3.8) is 0 Å². The monoisotopic (exact) mass is 370 g/mol. The molecular formula is C19H26N6S. The van der Waals surface area contributed by atoms with E-state index >= 15 is 0 Å². The summed E-state index contributed by atoms with van der Waals surface area (Å²) in [5, 5.41) is 7.82. The minimum Gasteiger partial charge on any atom is -0.356 e. The number of thiophene rings is 1. The fourth-order valence-corrected chi connectivity index (χ4v) is 4.89. The molecule has 0 spiro atoms. The molecule has 1 aliphatic rings. The van der Waals surface area contributed by atoms with Crippen molar-refractivity contribution in [3.8, 4) is 0 Å². The molecule has 0 radical (unpaired) electrons. The Hall–Kier alpha value is -2.02. The number of piperidine rings is 1. The lowest BCUT2D eigenvalue weighted by molar-refractivity contribution is 0.350. The largest absolute Gasteiger partial charge is 0.356 e. The Morgan fingerprint density at radius 2 is 2.19 bits per heavy atom. The van der Waals surface area contributed by atoms with Crippen LogP contribution in [0, 0.1) is 18.8 Å². The molecular weight excluding hydrogens is 344 g/mol. The van der Waals surface area contributed by atoms with Crippen LogP contribution in [-0.4, -0.2) is 37.8 Å². The van der Waals surface area contributed by atoms with E-state index in [-0.39, 0.29) is 0 Å². The van der Waals surface area contributed by atoms with Gasteiger partial charge in [-0.2, -0.15) is 5.10 Å². The first-order chi connectivity index (χ1) is 12.6. The van der Waals surface area contributed by atoms with Crippen LogP contribution in [0.5, 0.6) is 0 Å². The highest BCUT2D eigenvalue weighted by Gasteiger charge is 2.25. The third-order valence-electron chi connectivity index (χ3n) is 4.96. The molecule has 0 bridgehead atoms. The highest BCUT2D eigenvalue weighted by Crippen LogP contribution is 2.35. The Balaban J connectivity index is 1.65. The smallest absolute Gasteiger partial charge is 0.141 e. The maximum absolute atomic E-state index is 4.88. The van der Waals surface area contributed by atoms with Crippen molar-refractivity contribution in [1.82, 2.24) is 24.7 Å². The second kappa shape index (κ2) is 7.31. The average Bonchev–Trinajstić information content (AvgIpc) is 3.24. The van der Waals surface area contributed by atoms with Gasteiger partial charge in [0.1, 0.15) is 29.1 Å². The van der Waals surface area contributed by atoms with Gasteiger partial charge in [-0.3, -0.25) is 4.68 Å². The van der Waals surface area contributed by atoms with Crippen molar-refractivity contribution < 1.29 is 0 Å². The van der Waals surface area contributed by atoms with Crippen LogP contribution in [0.2, 0.25) is 0 Å². The zero-order valence-corrected chi connectivity index (χ0v) is 16.5. The van der Waals surface area contributed by atoms with Crippen LogP contribution in [0.3, 0.4) is 0 Å². The van der Waals surface area contributed by atoms with Gasteiger partial charge in [-0.05, 0) is 49.0 Å². The van der Waals surface area contributed by atoms with Gasteiger partial charge in [-0.25, -0.2) is 15.0 Å². The normalized spacial score (nSPS) is 18.2. The summed E-state index contributed by atoms with van der Waals surface area (Å²) in [7, 11) is 0. The van der Waals surface area contributed by atoms with E-state index in [0.29, 0.717) is 11.8 Å². The summed E-state index contributed by atoms with van der Waals surface area (Å²) in [6.45, 7) is 9.55. The third-order valence-corrected chi connectivity index (χ3v) is 5.88. The van der Waals surface area contributed by atoms with Gasteiger partial charge in [-0.1, -0.05) is 13.8 Å². The fraction of sp³-hybridized carbons (Fsp3) is 0.579. The Bertz CT molecular complexity index is 870. The second-order valence-corrected chi connectivity index (χ2v) is 8.56. The molecule has 0 aliphatic carbocycles.